The summed E-state index contributed by atoms with van der Waals surface area (Å²) in [6.45, 7) is 6.28. The van der Waals surface area contributed by atoms with E-state index in [0.29, 0.717) is 0 Å². The lowest BCUT2D eigenvalue weighted by Gasteiger charge is -2.25. The quantitative estimate of drug-likeness (QED) is 0.317. The van der Waals surface area contributed by atoms with Crippen molar-refractivity contribution in [2.45, 2.75) is 83.3 Å². The van der Waals surface area contributed by atoms with Gasteiger partial charge in [0.05, 0.1) is 0 Å². The lowest BCUT2D eigenvalue weighted by atomic mass is 10.0. The van der Waals surface area contributed by atoms with Crippen molar-refractivity contribution in [1.82, 2.24) is 10.6 Å². The van der Waals surface area contributed by atoms with Crippen molar-refractivity contribution in [2.24, 2.45) is 0 Å². The highest BCUT2D eigenvalue weighted by atomic mass is 19.1. The van der Waals surface area contributed by atoms with Crippen LogP contribution in [0.5, 0.6) is 0 Å². The standard InChI is InChI=1S/C17H33FN2/c1-3-10-16(18)11-6-4-5-9-14-19-15-20-17(2)12-7-8-13-17/h7-8,16,19-20H,3-6,9-15H2,1-2H3. The van der Waals surface area contributed by atoms with Gasteiger partial charge in [0, 0.05) is 12.2 Å². The molecule has 0 saturated carbocycles. The monoisotopic (exact) mass is 284 g/mol. The Labute approximate surface area is 124 Å². The summed E-state index contributed by atoms with van der Waals surface area (Å²) in [6, 6.07) is 0. The summed E-state index contributed by atoms with van der Waals surface area (Å²) in [5, 5.41) is 7.01. The lowest BCUT2D eigenvalue weighted by molar-refractivity contribution is 0.285. The van der Waals surface area contributed by atoms with Gasteiger partial charge in [0.1, 0.15) is 6.17 Å². The van der Waals surface area contributed by atoms with Crippen molar-refractivity contribution in [2.75, 3.05) is 13.2 Å². The third-order valence-corrected chi connectivity index (χ3v) is 4.17. The molecule has 0 saturated heterocycles. The second-order valence-electron chi connectivity index (χ2n) is 6.38. The van der Waals surface area contributed by atoms with Gasteiger partial charge in [-0.25, -0.2) is 4.39 Å². The molecular formula is C17H33FN2. The van der Waals surface area contributed by atoms with Gasteiger partial charge in [0.25, 0.3) is 0 Å². The number of rotatable bonds is 12. The Morgan fingerprint density at radius 2 is 1.80 bits per heavy atom. The summed E-state index contributed by atoms with van der Waals surface area (Å²) >= 11 is 0. The first kappa shape index (κ1) is 17.6. The van der Waals surface area contributed by atoms with E-state index in [9.17, 15) is 4.39 Å². The van der Waals surface area contributed by atoms with E-state index < -0.39 is 6.17 Å². The topological polar surface area (TPSA) is 24.1 Å². The minimum absolute atomic E-state index is 0.266. The zero-order valence-corrected chi connectivity index (χ0v) is 13.4. The molecule has 0 spiro atoms. The predicted molar refractivity (Wildman–Crippen MR) is 85.7 cm³/mol. The minimum atomic E-state index is -0.567. The van der Waals surface area contributed by atoms with Crippen molar-refractivity contribution in [1.29, 1.82) is 0 Å². The van der Waals surface area contributed by atoms with Crippen molar-refractivity contribution >= 4 is 0 Å². The minimum Gasteiger partial charge on any atom is -0.304 e. The number of alkyl halides is 1. The van der Waals surface area contributed by atoms with Gasteiger partial charge < -0.3 is 5.32 Å². The smallest absolute Gasteiger partial charge is 0.100 e. The van der Waals surface area contributed by atoms with E-state index in [0.717, 1.165) is 51.7 Å². The Bertz CT molecular complexity index is 258. The Morgan fingerprint density at radius 3 is 2.50 bits per heavy atom. The lowest BCUT2D eigenvalue weighted by Crippen LogP contribution is -2.45. The second-order valence-corrected chi connectivity index (χ2v) is 6.38. The van der Waals surface area contributed by atoms with E-state index in [1.54, 1.807) is 0 Å². The van der Waals surface area contributed by atoms with Gasteiger partial charge in [-0.2, -0.15) is 0 Å². The van der Waals surface area contributed by atoms with Crippen LogP contribution in [0.3, 0.4) is 0 Å². The van der Waals surface area contributed by atoms with Gasteiger partial charge in [-0.15, -0.1) is 0 Å². The van der Waals surface area contributed by atoms with Crippen LogP contribution < -0.4 is 10.6 Å². The zero-order valence-electron chi connectivity index (χ0n) is 13.4. The molecule has 3 heteroatoms. The highest BCUT2D eigenvalue weighted by Gasteiger charge is 2.23. The van der Waals surface area contributed by atoms with Crippen LogP contribution in [0.25, 0.3) is 0 Å². The van der Waals surface area contributed by atoms with Gasteiger partial charge in [0.2, 0.25) is 0 Å². The maximum absolute atomic E-state index is 13.2. The summed E-state index contributed by atoms with van der Waals surface area (Å²) in [4.78, 5) is 0. The maximum Gasteiger partial charge on any atom is 0.100 e. The average molecular weight is 284 g/mol. The number of hydrogen-bond acceptors (Lipinski definition) is 2. The number of hydrogen-bond donors (Lipinski definition) is 2. The summed E-state index contributed by atoms with van der Waals surface area (Å²) in [7, 11) is 0. The van der Waals surface area contributed by atoms with Gasteiger partial charge in [-0.3, -0.25) is 5.32 Å². The van der Waals surface area contributed by atoms with E-state index in [4.69, 9.17) is 0 Å². The average Bonchev–Trinajstić information content (AvgIpc) is 2.84. The highest BCUT2D eigenvalue weighted by molar-refractivity contribution is 5.05. The summed E-state index contributed by atoms with van der Waals surface area (Å²) in [6.07, 6.45) is 13.3. The van der Waals surface area contributed by atoms with Crippen molar-refractivity contribution in [3.05, 3.63) is 12.2 Å². The predicted octanol–water partition coefficient (Wildman–Crippen LogP) is 4.32. The molecule has 1 aliphatic carbocycles. The molecular weight excluding hydrogens is 251 g/mol. The fourth-order valence-electron chi connectivity index (χ4n) is 2.71. The van der Waals surface area contributed by atoms with Gasteiger partial charge >= 0.3 is 0 Å². The van der Waals surface area contributed by atoms with Crippen LogP contribution in [-0.2, 0) is 0 Å². The fraction of sp³-hybridized carbons (Fsp3) is 0.882. The van der Waals surface area contributed by atoms with E-state index in [2.05, 4.69) is 29.7 Å². The first-order valence-electron chi connectivity index (χ1n) is 8.41. The molecule has 2 N–H and O–H groups in total. The molecule has 0 heterocycles. The molecule has 1 aliphatic rings. The Balaban J connectivity index is 1.81. The molecule has 1 rings (SSSR count). The first-order chi connectivity index (χ1) is 9.66. The van der Waals surface area contributed by atoms with Gasteiger partial charge in [-0.05, 0) is 45.6 Å². The molecule has 2 nitrogen and oxygen atoms in total. The van der Waals surface area contributed by atoms with Crippen LogP contribution in [0.4, 0.5) is 4.39 Å². The van der Waals surface area contributed by atoms with Crippen molar-refractivity contribution in [3.8, 4) is 0 Å². The molecule has 0 amide bonds. The molecule has 0 bridgehead atoms. The van der Waals surface area contributed by atoms with Crippen LogP contribution in [0, 0.1) is 0 Å². The fourth-order valence-corrected chi connectivity index (χ4v) is 2.71. The van der Waals surface area contributed by atoms with E-state index in [1.807, 2.05) is 6.92 Å². The Hall–Kier alpha value is -0.410. The second kappa shape index (κ2) is 10.3. The molecule has 1 atom stereocenters. The zero-order chi connectivity index (χ0) is 14.7. The molecule has 0 aliphatic heterocycles. The SMILES string of the molecule is CCCC(F)CCCCCCNCNC1(C)CC=CC1. The molecule has 0 fully saturated rings. The largest absolute Gasteiger partial charge is 0.304 e. The number of halogens is 1. The van der Waals surface area contributed by atoms with Crippen LogP contribution in [-0.4, -0.2) is 24.9 Å². The molecule has 0 aromatic rings. The first-order valence-corrected chi connectivity index (χ1v) is 8.41. The van der Waals surface area contributed by atoms with Crippen LogP contribution in [0.2, 0.25) is 0 Å². The molecule has 118 valence electrons. The molecule has 0 aromatic carbocycles. The highest BCUT2D eigenvalue weighted by Crippen LogP contribution is 2.21. The summed E-state index contributed by atoms with van der Waals surface area (Å²) in [5.41, 5.74) is 0.266. The van der Waals surface area contributed by atoms with Crippen LogP contribution >= 0.6 is 0 Å². The van der Waals surface area contributed by atoms with Crippen LogP contribution in [0.15, 0.2) is 12.2 Å². The van der Waals surface area contributed by atoms with E-state index in [-0.39, 0.29) is 5.54 Å². The number of unbranched alkanes of at least 4 members (excludes halogenated alkanes) is 3. The molecule has 0 radical (unpaired) electrons. The van der Waals surface area contributed by atoms with E-state index in [1.165, 1.54) is 19.3 Å². The molecule has 0 aromatic heterocycles. The van der Waals surface area contributed by atoms with E-state index >= 15 is 0 Å². The summed E-state index contributed by atoms with van der Waals surface area (Å²) < 4.78 is 13.2. The van der Waals surface area contributed by atoms with Gasteiger partial charge in [0.15, 0.2) is 0 Å². The normalized spacial score (nSPS) is 18.6. The third-order valence-electron chi connectivity index (χ3n) is 4.17. The van der Waals surface area contributed by atoms with Crippen molar-refractivity contribution < 1.29 is 4.39 Å². The number of nitrogens with one attached hydrogen (secondary N) is 2. The van der Waals surface area contributed by atoms with Crippen LogP contribution in [0.1, 0.15) is 71.6 Å². The Morgan fingerprint density at radius 1 is 1.10 bits per heavy atom. The molecule has 20 heavy (non-hydrogen) atoms. The molecule has 1 unspecified atom stereocenters. The third kappa shape index (κ3) is 8.01. The Kier molecular flexibility index (Phi) is 9.12. The summed E-state index contributed by atoms with van der Waals surface area (Å²) in [5.74, 6) is 0. The van der Waals surface area contributed by atoms with Crippen molar-refractivity contribution in [3.63, 3.8) is 0 Å². The maximum atomic E-state index is 13.2. The van der Waals surface area contributed by atoms with Gasteiger partial charge in [-0.1, -0.05) is 44.8 Å².